The van der Waals surface area contributed by atoms with Crippen LogP contribution in [0.3, 0.4) is 0 Å². The molecule has 0 radical (unpaired) electrons. The molecular weight excluding hydrogens is 232 g/mol. The molecule has 0 aliphatic carbocycles. The largest absolute Gasteiger partial charge is 0.378 e. The van der Waals surface area contributed by atoms with E-state index in [1.54, 1.807) is 6.20 Å². The van der Waals surface area contributed by atoms with Crippen molar-refractivity contribution in [3.05, 3.63) is 18.1 Å². The van der Waals surface area contributed by atoms with Crippen LogP contribution >= 0.6 is 0 Å². The van der Waals surface area contributed by atoms with Crippen LogP contribution in [0.15, 0.2) is 12.4 Å². The second kappa shape index (κ2) is 6.30. The molecular formula is C12H18N4O2. The van der Waals surface area contributed by atoms with Crippen molar-refractivity contribution >= 4 is 11.7 Å². The Morgan fingerprint density at radius 3 is 2.78 bits per heavy atom. The first-order valence-electron chi connectivity index (χ1n) is 6.24. The van der Waals surface area contributed by atoms with Gasteiger partial charge in [0.1, 0.15) is 11.5 Å². The van der Waals surface area contributed by atoms with Crippen molar-refractivity contribution in [2.45, 2.75) is 13.3 Å². The Morgan fingerprint density at radius 1 is 1.39 bits per heavy atom. The van der Waals surface area contributed by atoms with E-state index in [2.05, 4.69) is 20.2 Å². The second-order valence-corrected chi connectivity index (χ2v) is 4.12. The van der Waals surface area contributed by atoms with Crippen molar-refractivity contribution < 1.29 is 9.53 Å². The molecule has 0 bridgehead atoms. The Bertz CT molecular complexity index is 388. The van der Waals surface area contributed by atoms with Gasteiger partial charge >= 0.3 is 0 Å². The lowest BCUT2D eigenvalue weighted by Crippen LogP contribution is -2.37. The van der Waals surface area contributed by atoms with Gasteiger partial charge in [0.2, 0.25) is 0 Å². The van der Waals surface area contributed by atoms with Crippen molar-refractivity contribution in [2.24, 2.45) is 0 Å². The predicted molar refractivity (Wildman–Crippen MR) is 67.7 cm³/mol. The molecule has 1 saturated heterocycles. The van der Waals surface area contributed by atoms with Gasteiger partial charge < -0.3 is 15.0 Å². The number of hydrogen-bond acceptors (Lipinski definition) is 5. The molecule has 1 N–H and O–H groups in total. The van der Waals surface area contributed by atoms with E-state index in [4.69, 9.17) is 4.74 Å². The van der Waals surface area contributed by atoms with Gasteiger partial charge in [-0.3, -0.25) is 4.79 Å². The summed E-state index contributed by atoms with van der Waals surface area (Å²) in [5.41, 5.74) is 0.362. The topological polar surface area (TPSA) is 67.4 Å². The lowest BCUT2D eigenvalue weighted by Gasteiger charge is -2.27. The van der Waals surface area contributed by atoms with E-state index in [1.165, 1.54) is 6.20 Å². The van der Waals surface area contributed by atoms with Crippen LogP contribution in [0.1, 0.15) is 23.8 Å². The zero-order chi connectivity index (χ0) is 12.8. The zero-order valence-electron chi connectivity index (χ0n) is 10.6. The van der Waals surface area contributed by atoms with Crippen LogP contribution in [-0.2, 0) is 4.74 Å². The maximum absolute atomic E-state index is 11.6. The van der Waals surface area contributed by atoms with Crippen LogP contribution in [-0.4, -0.2) is 48.7 Å². The summed E-state index contributed by atoms with van der Waals surface area (Å²) < 4.78 is 5.27. The normalized spacial score (nSPS) is 15.5. The van der Waals surface area contributed by atoms with Gasteiger partial charge in [-0.25, -0.2) is 9.97 Å². The van der Waals surface area contributed by atoms with Gasteiger partial charge in [0, 0.05) is 19.6 Å². The molecule has 1 aliphatic heterocycles. The Balaban J connectivity index is 1.98. The van der Waals surface area contributed by atoms with Gasteiger partial charge in [0.05, 0.1) is 25.6 Å². The van der Waals surface area contributed by atoms with Gasteiger partial charge in [0.15, 0.2) is 0 Å². The molecule has 1 aromatic rings. The highest BCUT2D eigenvalue weighted by Crippen LogP contribution is 2.10. The molecule has 0 unspecified atom stereocenters. The fourth-order valence-electron chi connectivity index (χ4n) is 1.72. The first-order chi connectivity index (χ1) is 8.81. The van der Waals surface area contributed by atoms with Crippen molar-refractivity contribution in [1.82, 2.24) is 15.3 Å². The first-order valence-corrected chi connectivity index (χ1v) is 6.24. The van der Waals surface area contributed by atoms with Gasteiger partial charge in [-0.1, -0.05) is 6.92 Å². The zero-order valence-corrected chi connectivity index (χ0v) is 10.6. The quantitative estimate of drug-likeness (QED) is 0.840. The molecule has 2 rings (SSSR count). The number of aromatic nitrogens is 2. The van der Waals surface area contributed by atoms with Crippen LogP contribution in [0.5, 0.6) is 0 Å². The van der Waals surface area contributed by atoms with E-state index in [9.17, 15) is 4.79 Å². The lowest BCUT2D eigenvalue weighted by atomic mass is 10.3. The Hall–Kier alpha value is -1.69. The van der Waals surface area contributed by atoms with Gasteiger partial charge in [-0.05, 0) is 6.42 Å². The molecule has 1 aromatic heterocycles. The highest BCUT2D eigenvalue weighted by Gasteiger charge is 2.13. The highest BCUT2D eigenvalue weighted by molar-refractivity contribution is 5.91. The van der Waals surface area contributed by atoms with Crippen molar-refractivity contribution in [3.8, 4) is 0 Å². The van der Waals surface area contributed by atoms with Gasteiger partial charge in [-0.15, -0.1) is 0 Å². The SMILES string of the molecule is CCCNC(=O)c1cnc(N2CCOCC2)cn1. The minimum atomic E-state index is -0.169. The molecule has 98 valence electrons. The maximum Gasteiger partial charge on any atom is 0.271 e. The summed E-state index contributed by atoms with van der Waals surface area (Å²) >= 11 is 0. The molecule has 0 saturated carbocycles. The summed E-state index contributed by atoms with van der Waals surface area (Å²) in [4.78, 5) is 22.2. The average Bonchev–Trinajstić information content (AvgIpc) is 2.46. The number of carbonyl (C=O) groups excluding carboxylic acids is 1. The van der Waals surface area contributed by atoms with Crippen LogP contribution in [0, 0.1) is 0 Å². The van der Waals surface area contributed by atoms with E-state index in [1.807, 2.05) is 6.92 Å². The number of nitrogens with one attached hydrogen (secondary N) is 1. The Labute approximate surface area is 106 Å². The molecule has 1 aliphatic rings. The summed E-state index contributed by atoms with van der Waals surface area (Å²) in [5.74, 6) is 0.628. The van der Waals surface area contributed by atoms with Crippen LogP contribution < -0.4 is 10.2 Å². The summed E-state index contributed by atoms with van der Waals surface area (Å²) in [7, 11) is 0. The Kier molecular flexibility index (Phi) is 4.46. The third-order valence-electron chi connectivity index (χ3n) is 2.74. The smallest absolute Gasteiger partial charge is 0.271 e. The molecule has 1 amide bonds. The maximum atomic E-state index is 11.6. The average molecular weight is 250 g/mol. The van der Waals surface area contributed by atoms with Gasteiger partial charge in [0.25, 0.3) is 5.91 Å². The molecule has 18 heavy (non-hydrogen) atoms. The van der Waals surface area contributed by atoms with Gasteiger partial charge in [-0.2, -0.15) is 0 Å². The summed E-state index contributed by atoms with van der Waals surface area (Å²) in [6.45, 7) is 5.71. The van der Waals surface area contributed by atoms with E-state index < -0.39 is 0 Å². The number of anilines is 1. The molecule has 2 heterocycles. The fourth-order valence-corrected chi connectivity index (χ4v) is 1.72. The summed E-state index contributed by atoms with van der Waals surface area (Å²) in [5, 5.41) is 2.77. The number of nitrogens with zero attached hydrogens (tertiary/aromatic N) is 3. The second-order valence-electron chi connectivity index (χ2n) is 4.12. The van der Waals surface area contributed by atoms with E-state index in [-0.39, 0.29) is 5.91 Å². The number of hydrogen-bond donors (Lipinski definition) is 1. The molecule has 6 nitrogen and oxygen atoms in total. The van der Waals surface area contributed by atoms with Crippen LogP contribution in [0.4, 0.5) is 5.82 Å². The van der Waals surface area contributed by atoms with Crippen molar-refractivity contribution in [1.29, 1.82) is 0 Å². The minimum Gasteiger partial charge on any atom is -0.378 e. The monoisotopic (exact) mass is 250 g/mol. The number of amides is 1. The first kappa shape index (κ1) is 12.8. The minimum absolute atomic E-state index is 0.169. The van der Waals surface area contributed by atoms with E-state index in [0.717, 1.165) is 25.3 Å². The predicted octanol–water partition coefficient (Wildman–Crippen LogP) is 0.453. The van der Waals surface area contributed by atoms with Crippen molar-refractivity contribution in [3.63, 3.8) is 0 Å². The highest BCUT2D eigenvalue weighted by atomic mass is 16.5. The van der Waals surface area contributed by atoms with Crippen molar-refractivity contribution in [2.75, 3.05) is 37.7 Å². The van der Waals surface area contributed by atoms with E-state index in [0.29, 0.717) is 25.5 Å². The van der Waals surface area contributed by atoms with Crippen LogP contribution in [0.2, 0.25) is 0 Å². The molecule has 1 fully saturated rings. The number of rotatable bonds is 4. The lowest BCUT2D eigenvalue weighted by molar-refractivity contribution is 0.0948. The molecule has 6 heteroatoms. The standard InChI is InChI=1S/C12H18N4O2/c1-2-3-13-12(17)10-8-15-11(9-14-10)16-4-6-18-7-5-16/h8-9H,2-7H2,1H3,(H,13,17). The molecule has 0 aromatic carbocycles. The number of carbonyl (C=O) groups is 1. The summed E-state index contributed by atoms with van der Waals surface area (Å²) in [6.07, 6.45) is 4.08. The molecule has 0 atom stereocenters. The third-order valence-corrected chi connectivity index (χ3v) is 2.74. The Morgan fingerprint density at radius 2 is 2.17 bits per heavy atom. The fraction of sp³-hybridized carbons (Fsp3) is 0.583. The summed E-state index contributed by atoms with van der Waals surface area (Å²) in [6, 6.07) is 0. The number of ether oxygens (including phenoxy) is 1. The van der Waals surface area contributed by atoms with E-state index >= 15 is 0 Å². The number of morpholine rings is 1. The third kappa shape index (κ3) is 3.16. The van der Waals surface area contributed by atoms with Crippen LogP contribution in [0.25, 0.3) is 0 Å². The molecule has 0 spiro atoms.